The average molecular weight is 321 g/mol. The van der Waals surface area contributed by atoms with E-state index in [-0.39, 0.29) is 5.92 Å². The van der Waals surface area contributed by atoms with E-state index in [1.165, 1.54) is 30.0 Å². The van der Waals surface area contributed by atoms with Crippen molar-refractivity contribution >= 4 is 17.2 Å². The van der Waals surface area contributed by atoms with Crippen molar-refractivity contribution in [2.75, 3.05) is 26.2 Å². The van der Waals surface area contributed by atoms with Gasteiger partial charge < -0.3 is 4.90 Å². The van der Waals surface area contributed by atoms with Gasteiger partial charge in [0.2, 0.25) is 5.91 Å². The number of carbonyl (C=O) groups is 1. The maximum absolute atomic E-state index is 12.6. The standard InChI is InChI=1S/C17H27N3OS/c1-2-16-18-15(13-22-16)12-19-10-6-14(7-11-19)17(21)20-8-4-3-5-9-20/h13-14H,2-12H2,1H3. The number of piperidine rings is 2. The molecule has 5 heteroatoms. The Labute approximate surface area is 137 Å². The fourth-order valence-electron chi connectivity index (χ4n) is 3.52. The third-order valence-electron chi connectivity index (χ3n) is 4.89. The van der Waals surface area contributed by atoms with E-state index in [4.69, 9.17) is 0 Å². The van der Waals surface area contributed by atoms with Gasteiger partial charge in [-0.3, -0.25) is 9.69 Å². The molecule has 2 fully saturated rings. The van der Waals surface area contributed by atoms with Crippen molar-refractivity contribution in [1.29, 1.82) is 0 Å². The Bertz CT molecular complexity index is 488. The molecular formula is C17H27N3OS. The van der Waals surface area contributed by atoms with Crippen LogP contribution in [0.4, 0.5) is 0 Å². The summed E-state index contributed by atoms with van der Waals surface area (Å²) in [6, 6.07) is 0. The van der Waals surface area contributed by atoms with E-state index in [1.54, 1.807) is 11.3 Å². The zero-order valence-electron chi connectivity index (χ0n) is 13.6. The lowest BCUT2D eigenvalue weighted by Gasteiger charge is -2.35. The molecule has 1 amide bonds. The molecule has 0 aliphatic carbocycles. The van der Waals surface area contributed by atoms with Crippen LogP contribution in [0.3, 0.4) is 0 Å². The highest BCUT2D eigenvalue weighted by Gasteiger charge is 2.29. The van der Waals surface area contributed by atoms with Gasteiger partial charge in [0.25, 0.3) is 0 Å². The van der Waals surface area contributed by atoms with E-state index in [1.807, 2.05) is 0 Å². The summed E-state index contributed by atoms with van der Waals surface area (Å²) >= 11 is 1.76. The molecule has 0 N–H and O–H groups in total. The Hall–Kier alpha value is -0.940. The van der Waals surface area contributed by atoms with Crippen LogP contribution in [0, 0.1) is 5.92 Å². The number of hydrogen-bond donors (Lipinski definition) is 0. The van der Waals surface area contributed by atoms with Gasteiger partial charge >= 0.3 is 0 Å². The van der Waals surface area contributed by atoms with Gasteiger partial charge in [-0.1, -0.05) is 6.92 Å². The lowest BCUT2D eigenvalue weighted by Crippen LogP contribution is -2.44. The Morgan fingerprint density at radius 1 is 1.23 bits per heavy atom. The second-order valence-electron chi connectivity index (χ2n) is 6.52. The first-order valence-electron chi connectivity index (χ1n) is 8.70. The monoisotopic (exact) mass is 321 g/mol. The van der Waals surface area contributed by atoms with E-state index in [2.05, 4.69) is 27.1 Å². The van der Waals surface area contributed by atoms with Gasteiger partial charge in [-0.15, -0.1) is 11.3 Å². The van der Waals surface area contributed by atoms with Crippen molar-refractivity contribution < 1.29 is 4.79 Å². The van der Waals surface area contributed by atoms with Gasteiger partial charge in [-0.25, -0.2) is 4.98 Å². The van der Waals surface area contributed by atoms with Crippen LogP contribution in [-0.4, -0.2) is 46.9 Å². The normalized spacial score (nSPS) is 21.2. The van der Waals surface area contributed by atoms with Crippen LogP contribution >= 0.6 is 11.3 Å². The van der Waals surface area contributed by atoms with Crippen molar-refractivity contribution in [2.45, 2.75) is 52.0 Å². The zero-order chi connectivity index (χ0) is 15.4. The number of likely N-dealkylation sites (tertiary alicyclic amines) is 2. The summed E-state index contributed by atoms with van der Waals surface area (Å²) in [4.78, 5) is 21.8. The van der Waals surface area contributed by atoms with Crippen LogP contribution in [0.1, 0.15) is 49.7 Å². The molecule has 3 heterocycles. The maximum atomic E-state index is 12.6. The number of hydrogen-bond acceptors (Lipinski definition) is 4. The molecule has 1 aromatic rings. The second kappa shape index (κ2) is 7.55. The minimum atomic E-state index is 0.260. The minimum absolute atomic E-state index is 0.260. The quantitative estimate of drug-likeness (QED) is 0.855. The first kappa shape index (κ1) is 15.9. The summed E-state index contributed by atoms with van der Waals surface area (Å²) in [5.41, 5.74) is 1.20. The Morgan fingerprint density at radius 3 is 2.59 bits per heavy atom. The summed E-state index contributed by atoms with van der Waals surface area (Å²) in [6.07, 6.45) is 6.72. The molecule has 2 aliphatic rings. The summed E-state index contributed by atoms with van der Waals surface area (Å²) in [5.74, 6) is 0.678. The van der Waals surface area contributed by atoms with Gasteiger partial charge in [0.15, 0.2) is 0 Å². The molecule has 0 atom stereocenters. The van der Waals surface area contributed by atoms with Gasteiger partial charge in [-0.05, 0) is 51.6 Å². The third-order valence-corrected chi connectivity index (χ3v) is 5.93. The van der Waals surface area contributed by atoms with Crippen molar-refractivity contribution in [3.8, 4) is 0 Å². The first-order chi connectivity index (χ1) is 10.8. The topological polar surface area (TPSA) is 36.4 Å². The molecule has 0 spiro atoms. The van der Waals surface area contributed by atoms with Crippen molar-refractivity contribution in [3.05, 3.63) is 16.1 Å². The van der Waals surface area contributed by atoms with Crippen LogP contribution < -0.4 is 0 Å². The molecule has 0 bridgehead atoms. The smallest absolute Gasteiger partial charge is 0.225 e. The number of rotatable bonds is 4. The number of thiazole rings is 1. The molecule has 4 nitrogen and oxygen atoms in total. The SMILES string of the molecule is CCc1nc(CN2CCC(C(=O)N3CCCCC3)CC2)cs1. The number of aromatic nitrogens is 1. The average Bonchev–Trinajstić information content (AvgIpc) is 3.03. The van der Waals surface area contributed by atoms with Gasteiger partial charge in [-0.2, -0.15) is 0 Å². The van der Waals surface area contributed by atoms with E-state index in [9.17, 15) is 4.79 Å². The molecule has 0 unspecified atom stereocenters. The van der Waals surface area contributed by atoms with Crippen molar-refractivity contribution in [2.24, 2.45) is 5.92 Å². The highest BCUT2D eigenvalue weighted by Crippen LogP contribution is 2.23. The van der Waals surface area contributed by atoms with Gasteiger partial charge in [0, 0.05) is 30.9 Å². The second-order valence-corrected chi connectivity index (χ2v) is 7.47. The molecule has 1 aromatic heterocycles. The first-order valence-corrected chi connectivity index (χ1v) is 9.58. The fraction of sp³-hybridized carbons (Fsp3) is 0.765. The molecular weight excluding hydrogens is 294 g/mol. The van der Waals surface area contributed by atoms with Crippen molar-refractivity contribution in [1.82, 2.24) is 14.8 Å². The summed E-state index contributed by atoms with van der Waals surface area (Å²) in [5, 5.41) is 3.41. The lowest BCUT2D eigenvalue weighted by atomic mass is 9.94. The molecule has 0 aromatic carbocycles. The van der Waals surface area contributed by atoms with Crippen LogP contribution in [0.5, 0.6) is 0 Å². The molecule has 22 heavy (non-hydrogen) atoms. The van der Waals surface area contributed by atoms with Crippen LogP contribution in [-0.2, 0) is 17.8 Å². The largest absolute Gasteiger partial charge is 0.342 e. The maximum Gasteiger partial charge on any atom is 0.225 e. The number of carbonyl (C=O) groups excluding carboxylic acids is 1. The number of nitrogens with zero attached hydrogens (tertiary/aromatic N) is 3. The minimum Gasteiger partial charge on any atom is -0.342 e. The molecule has 3 rings (SSSR count). The Morgan fingerprint density at radius 2 is 1.95 bits per heavy atom. The van der Waals surface area contributed by atoms with Gasteiger partial charge in [0.1, 0.15) is 0 Å². The molecule has 122 valence electrons. The van der Waals surface area contributed by atoms with Crippen LogP contribution in [0.25, 0.3) is 0 Å². The molecule has 0 radical (unpaired) electrons. The third kappa shape index (κ3) is 3.87. The Kier molecular flexibility index (Phi) is 5.47. The lowest BCUT2D eigenvalue weighted by molar-refractivity contribution is -0.138. The fourth-order valence-corrected chi connectivity index (χ4v) is 4.26. The van der Waals surface area contributed by atoms with Gasteiger partial charge in [0.05, 0.1) is 10.7 Å². The summed E-state index contributed by atoms with van der Waals surface area (Å²) in [7, 11) is 0. The zero-order valence-corrected chi connectivity index (χ0v) is 14.4. The number of amides is 1. The van der Waals surface area contributed by atoms with Crippen LogP contribution in [0.2, 0.25) is 0 Å². The predicted molar refractivity (Wildman–Crippen MR) is 89.9 cm³/mol. The summed E-state index contributed by atoms with van der Waals surface area (Å²) < 4.78 is 0. The number of aryl methyl sites for hydroxylation is 1. The van der Waals surface area contributed by atoms with E-state index in [0.717, 1.165) is 52.0 Å². The Balaban J connectivity index is 1.46. The predicted octanol–water partition coefficient (Wildman–Crippen LogP) is 2.93. The highest BCUT2D eigenvalue weighted by atomic mass is 32.1. The highest BCUT2D eigenvalue weighted by molar-refractivity contribution is 7.09. The van der Waals surface area contributed by atoms with E-state index < -0.39 is 0 Å². The van der Waals surface area contributed by atoms with E-state index >= 15 is 0 Å². The molecule has 2 aliphatic heterocycles. The van der Waals surface area contributed by atoms with Crippen LogP contribution in [0.15, 0.2) is 5.38 Å². The molecule has 2 saturated heterocycles. The molecule has 0 saturated carbocycles. The van der Waals surface area contributed by atoms with Crippen molar-refractivity contribution in [3.63, 3.8) is 0 Å². The van der Waals surface area contributed by atoms with E-state index in [0.29, 0.717) is 5.91 Å². The summed E-state index contributed by atoms with van der Waals surface area (Å²) in [6.45, 7) is 7.13.